The molecular formula is C67H69NO8S. The van der Waals surface area contributed by atoms with E-state index in [0.717, 1.165) is 30.4 Å². The highest BCUT2D eigenvalue weighted by molar-refractivity contribution is 7.86. The summed E-state index contributed by atoms with van der Waals surface area (Å²) in [7, 11) is -4.11. The Kier molecular flexibility index (Phi) is 33.7. The number of rotatable bonds is 27. The first-order chi connectivity index (χ1) is 37.6. The predicted octanol–water partition coefficient (Wildman–Crippen LogP) is 9.11. The smallest absolute Gasteiger partial charge is 0.297 e. The molecule has 0 radical (unpaired) electrons. The second-order valence-corrected chi connectivity index (χ2v) is 19.5. The van der Waals surface area contributed by atoms with E-state index in [9.17, 15) is 13.5 Å². The zero-order chi connectivity index (χ0) is 55.4. The van der Waals surface area contributed by atoms with Crippen LogP contribution in [0.2, 0.25) is 0 Å². The lowest BCUT2D eigenvalue weighted by molar-refractivity contribution is -0.270. The van der Waals surface area contributed by atoms with Crippen LogP contribution in [0.15, 0.2) is 71.6 Å². The van der Waals surface area contributed by atoms with Gasteiger partial charge in [-0.25, -0.2) is 0 Å². The van der Waals surface area contributed by atoms with Crippen LogP contribution in [-0.4, -0.2) is 64.1 Å². The van der Waals surface area contributed by atoms with Crippen LogP contribution in [0, 0.1) is 167 Å². The lowest BCUT2D eigenvalue weighted by Gasteiger charge is -2.43. The summed E-state index contributed by atoms with van der Waals surface area (Å²) >= 11 is 0. The Hall–Kier alpha value is -7.59. The van der Waals surface area contributed by atoms with Gasteiger partial charge in [0.15, 0.2) is 13.0 Å². The van der Waals surface area contributed by atoms with Crippen molar-refractivity contribution in [2.75, 3.05) is 19.9 Å². The number of ether oxygens (including phenoxy) is 4. The van der Waals surface area contributed by atoms with Gasteiger partial charge in [0.25, 0.3) is 10.1 Å². The van der Waals surface area contributed by atoms with E-state index in [1.807, 2.05) is 51.1 Å². The Morgan fingerprint density at radius 3 is 1.74 bits per heavy atom. The molecular weight excluding hydrogens is 979 g/mol. The Bertz CT molecular complexity index is 3090. The Morgan fingerprint density at radius 2 is 1.19 bits per heavy atom. The third kappa shape index (κ3) is 28.8. The van der Waals surface area contributed by atoms with Gasteiger partial charge in [-0.3, -0.25) is 9.50 Å². The van der Waals surface area contributed by atoms with E-state index >= 15 is 0 Å². The summed E-state index contributed by atoms with van der Waals surface area (Å²) < 4.78 is 56.9. The van der Waals surface area contributed by atoms with Crippen molar-refractivity contribution >= 4 is 10.1 Å². The summed E-state index contributed by atoms with van der Waals surface area (Å²) in [5.41, 5.74) is 1.94. The van der Waals surface area contributed by atoms with Crippen LogP contribution in [0.4, 0.5) is 0 Å². The van der Waals surface area contributed by atoms with Crippen molar-refractivity contribution in [2.45, 2.75) is 154 Å². The number of nitrogens with one attached hydrogen (secondary N) is 1. The minimum atomic E-state index is -4.11. The Morgan fingerprint density at radius 1 is 0.675 bits per heavy atom. The van der Waals surface area contributed by atoms with E-state index in [2.05, 4.69) is 174 Å². The fraction of sp³-hybridized carbons (Fsp3) is 0.433. The van der Waals surface area contributed by atoms with Gasteiger partial charge in [-0.15, -0.1) is 0 Å². The molecule has 0 bridgehead atoms. The third-order valence-electron chi connectivity index (χ3n) is 12.0. The molecule has 1 saturated heterocycles. The third-order valence-corrected chi connectivity index (χ3v) is 13.3. The van der Waals surface area contributed by atoms with Gasteiger partial charge in [0.05, 0.1) is 43.0 Å². The average molecular weight is 1050 g/mol. The number of aliphatic hydroxyl groups excluding tert-OH is 1. The molecule has 2 unspecified atom stereocenters. The van der Waals surface area contributed by atoms with Gasteiger partial charge in [-0.1, -0.05) is 145 Å². The van der Waals surface area contributed by atoms with Crippen LogP contribution in [0.3, 0.4) is 0 Å². The van der Waals surface area contributed by atoms with Crippen molar-refractivity contribution in [3.63, 3.8) is 0 Å². The van der Waals surface area contributed by atoms with Gasteiger partial charge in [0.1, 0.15) is 12.2 Å². The normalized spacial score (nSPS) is 16.7. The molecule has 1 aliphatic rings. The van der Waals surface area contributed by atoms with E-state index in [1.54, 1.807) is 19.1 Å². The molecule has 0 aliphatic carbocycles. The fourth-order valence-corrected chi connectivity index (χ4v) is 8.43. The average Bonchev–Trinajstić information content (AvgIpc) is 3.43. The van der Waals surface area contributed by atoms with E-state index in [1.165, 1.54) is 63.5 Å². The van der Waals surface area contributed by atoms with Crippen molar-refractivity contribution in [3.8, 4) is 142 Å². The minimum absolute atomic E-state index is 0.00711. The van der Waals surface area contributed by atoms with Gasteiger partial charge in [-0.2, -0.15) is 8.42 Å². The summed E-state index contributed by atoms with van der Waals surface area (Å²) in [5, 5.41) is 14.7. The number of hydrogen-bond donors (Lipinski definition) is 2. The second kappa shape index (κ2) is 40.7. The van der Waals surface area contributed by atoms with E-state index in [0.29, 0.717) is 6.61 Å². The zero-order valence-electron chi connectivity index (χ0n) is 45.3. The number of benzene rings is 2. The molecule has 3 rings (SSSR count). The first-order valence-corrected chi connectivity index (χ1v) is 27.5. The van der Waals surface area contributed by atoms with Crippen molar-refractivity contribution in [2.24, 2.45) is 17.8 Å². The van der Waals surface area contributed by atoms with Crippen LogP contribution in [-0.2, 0) is 39.9 Å². The second-order valence-electron chi connectivity index (χ2n) is 17.9. The standard InChI is InChI=1S/C67H69NO8S/c1-7-9-11-13-15-17-19-21-22-23-24-25-26-27-28-29-30-31-33-35-37-39-44-52-72-56-68-63(54-74-67-60(6)59(5)65(69)64(76-67)55-75-77(70,71)62-50-48-57(3)49-51-62)66(73-53-61-46-42-40-43-47-61)58(4)45-41-38-36-34-32-20-18-16-14-12-10-8-2/h38,40-43,46-51,58-60,63-69H,8,10,12,14,16,18,20,32,34,36,45,53-56H2,1-6H3/t58-,59-,60?,63+,64?,65-,66-,67+/m1/s1. The quantitative estimate of drug-likeness (QED) is 0.0298. The molecule has 8 atom stereocenters. The summed E-state index contributed by atoms with van der Waals surface area (Å²) in [6.45, 7) is 11.9. The maximum atomic E-state index is 13.1. The molecule has 10 heteroatoms. The van der Waals surface area contributed by atoms with Crippen molar-refractivity contribution in [3.05, 3.63) is 77.9 Å². The van der Waals surface area contributed by atoms with Gasteiger partial charge in [0, 0.05) is 88.8 Å². The molecule has 396 valence electrons. The molecule has 2 aromatic carbocycles. The molecule has 0 aromatic heterocycles. The molecule has 77 heavy (non-hydrogen) atoms. The summed E-state index contributed by atoms with van der Waals surface area (Å²) in [6, 6.07) is 15.9. The molecule has 1 aliphatic heterocycles. The molecule has 1 heterocycles. The van der Waals surface area contributed by atoms with Crippen LogP contribution >= 0.6 is 0 Å². The largest absolute Gasteiger partial charge is 0.430 e. The summed E-state index contributed by atoms with van der Waals surface area (Å²) in [4.78, 5) is 0.0210. The first-order valence-electron chi connectivity index (χ1n) is 26.1. The van der Waals surface area contributed by atoms with Crippen molar-refractivity contribution < 1.29 is 36.7 Å². The number of aliphatic hydroxyl groups is 1. The first kappa shape index (κ1) is 63.7. The highest BCUT2D eigenvalue weighted by Gasteiger charge is 2.42. The number of allylic oxidation sites excluding steroid dienone is 2. The molecule has 0 spiro atoms. The van der Waals surface area contributed by atoms with E-state index in [-0.39, 0.29) is 42.1 Å². The van der Waals surface area contributed by atoms with Crippen LogP contribution in [0.1, 0.15) is 116 Å². The fourth-order valence-electron chi connectivity index (χ4n) is 7.51. The molecule has 0 saturated carbocycles. The molecule has 0 amide bonds. The lowest BCUT2D eigenvalue weighted by Crippen LogP contribution is -2.54. The summed E-state index contributed by atoms with van der Waals surface area (Å²) in [6.07, 6.45) is 17.3. The number of hydrogen-bond acceptors (Lipinski definition) is 9. The Labute approximate surface area is 462 Å². The monoisotopic (exact) mass is 1050 g/mol. The maximum absolute atomic E-state index is 13.1. The van der Waals surface area contributed by atoms with Gasteiger partial charge >= 0.3 is 0 Å². The highest BCUT2D eigenvalue weighted by Crippen LogP contribution is 2.33. The topological polar surface area (TPSA) is 113 Å². The van der Waals surface area contributed by atoms with Gasteiger partial charge in [-0.05, 0) is 110 Å². The Balaban J connectivity index is 1.70. The lowest BCUT2D eigenvalue weighted by atomic mass is 9.85. The van der Waals surface area contributed by atoms with Crippen molar-refractivity contribution in [1.29, 1.82) is 0 Å². The number of unbranched alkanes of at least 4 members (excludes halogenated alkanes) is 9. The number of aryl methyl sites for hydroxylation is 1. The van der Waals surface area contributed by atoms with Gasteiger partial charge < -0.3 is 24.1 Å². The van der Waals surface area contributed by atoms with Crippen LogP contribution in [0.5, 0.6) is 0 Å². The van der Waals surface area contributed by atoms with E-state index in [4.69, 9.17) is 23.1 Å². The molecule has 2 N–H and O–H groups in total. The SMILES string of the molecule is CC#CC#CC#CC#CC#CC#CC#CC#CC#CC#CC#CC#COCN[C@@H](CO[C@H]1OC(COS(=O)(=O)c2ccc(C)cc2)[C@H](O)[C@H](C)C1C)[C@H](OCc1ccccc1)[C@H](C)CC=CCCCCCCCCCCC. The van der Waals surface area contributed by atoms with Crippen LogP contribution in [0.25, 0.3) is 0 Å². The van der Waals surface area contributed by atoms with E-state index < -0.39 is 41.3 Å². The molecule has 9 nitrogen and oxygen atoms in total. The maximum Gasteiger partial charge on any atom is 0.297 e. The predicted molar refractivity (Wildman–Crippen MR) is 305 cm³/mol. The molecule has 1 fully saturated rings. The minimum Gasteiger partial charge on any atom is -0.430 e. The molecule has 2 aromatic rings. The summed E-state index contributed by atoms with van der Waals surface area (Å²) in [5.74, 6) is 58.5. The van der Waals surface area contributed by atoms with Crippen LogP contribution < -0.4 is 5.32 Å². The zero-order valence-corrected chi connectivity index (χ0v) is 46.1. The van der Waals surface area contributed by atoms with Gasteiger partial charge in [0.2, 0.25) is 0 Å². The highest BCUT2D eigenvalue weighted by atomic mass is 32.2. The van der Waals surface area contributed by atoms with Crippen molar-refractivity contribution in [1.82, 2.24) is 5.32 Å².